The number of carbonyl (C=O) groups is 2. The molecule has 2 aromatic rings. The van der Waals surface area contributed by atoms with Gasteiger partial charge in [0.15, 0.2) is 0 Å². The second-order valence-electron chi connectivity index (χ2n) is 5.57. The number of hydrogen-bond donors (Lipinski definition) is 2. The van der Waals surface area contributed by atoms with E-state index in [0.717, 1.165) is 5.69 Å². The summed E-state index contributed by atoms with van der Waals surface area (Å²) in [7, 11) is 1.41. The Kier molecular flexibility index (Phi) is 6.54. The zero-order valence-corrected chi connectivity index (χ0v) is 15.5. The van der Waals surface area contributed by atoms with Gasteiger partial charge in [-0.3, -0.25) is 14.4 Å². The topological polar surface area (TPSA) is 89.4 Å². The van der Waals surface area contributed by atoms with Crippen molar-refractivity contribution in [1.29, 1.82) is 0 Å². The molecule has 0 atom stereocenters. The van der Waals surface area contributed by atoms with Crippen LogP contribution < -0.4 is 16.2 Å². The number of amides is 2. The molecular weight excluding hydrogens is 358 g/mol. The van der Waals surface area contributed by atoms with Gasteiger partial charge in [0.1, 0.15) is 12.2 Å². The normalized spacial score (nSPS) is 10.5. The maximum absolute atomic E-state index is 12.5. The highest BCUT2D eigenvalue weighted by molar-refractivity contribution is 6.34. The molecule has 2 amide bonds. The van der Waals surface area contributed by atoms with Gasteiger partial charge < -0.3 is 19.9 Å². The summed E-state index contributed by atoms with van der Waals surface area (Å²) in [6.45, 7) is 4.01. The van der Waals surface area contributed by atoms with Gasteiger partial charge in [0.2, 0.25) is 5.91 Å². The fourth-order valence-corrected chi connectivity index (χ4v) is 2.62. The number of benzene rings is 1. The third kappa shape index (κ3) is 4.50. The zero-order chi connectivity index (χ0) is 19.3. The minimum Gasteiger partial charge on any atom is -0.375 e. The Bertz CT molecular complexity index is 892. The Morgan fingerprint density at radius 2 is 1.92 bits per heavy atom. The van der Waals surface area contributed by atoms with Crippen molar-refractivity contribution in [2.45, 2.75) is 20.4 Å². The van der Waals surface area contributed by atoms with E-state index in [1.807, 2.05) is 6.92 Å². The summed E-state index contributed by atoms with van der Waals surface area (Å²) < 4.78 is 6.26. The van der Waals surface area contributed by atoms with Crippen LogP contribution in [0.15, 0.2) is 35.1 Å². The average molecular weight is 378 g/mol. The molecule has 1 aromatic heterocycles. The van der Waals surface area contributed by atoms with Gasteiger partial charge in [0, 0.05) is 25.0 Å². The fraction of sp³-hybridized carbons (Fsp3) is 0.278. The van der Waals surface area contributed by atoms with E-state index in [-0.39, 0.29) is 34.3 Å². The van der Waals surface area contributed by atoms with E-state index in [4.69, 9.17) is 16.3 Å². The molecule has 2 N–H and O–H groups in total. The van der Waals surface area contributed by atoms with Gasteiger partial charge in [-0.25, -0.2) is 0 Å². The first-order chi connectivity index (χ1) is 12.4. The van der Waals surface area contributed by atoms with Crippen LogP contribution in [-0.4, -0.2) is 30.1 Å². The van der Waals surface area contributed by atoms with E-state index in [1.54, 1.807) is 25.1 Å². The van der Waals surface area contributed by atoms with Gasteiger partial charge in [-0.05, 0) is 44.2 Å². The Hall–Kier alpha value is -2.64. The molecule has 0 spiro atoms. The molecule has 0 aliphatic rings. The second kappa shape index (κ2) is 8.64. The lowest BCUT2D eigenvalue weighted by atomic mass is 10.2. The highest BCUT2D eigenvalue weighted by Crippen LogP contribution is 2.26. The first kappa shape index (κ1) is 19.7. The van der Waals surface area contributed by atoms with Crippen LogP contribution in [0.2, 0.25) is 5.02 Å². The molecule has 0 saturated heterocycles. The third-order valence-electron chi connectivity index (χ3n) is 3.73. The molecule has 2 rings (SSSR count). The number of nitrogens with one attached hydrogen (secondary N) is 2. The van der Waals surface area contributed by atoms with Crippen molar-refractivity contribution in [3.63, 3.8) is 0 Å². The number of carbonyl (C=O) groups excluding carboxylic acids is 2. The van der Waals surface area contributed by atoms with Crippen molar-refractivity contribution in [2.75, 3.05) is 24.4 Å². The first-order valence-electron chi connectivity index (χ1n) is 7.97. The van der Waals surface area contributed by atoms with Crippen LogP contribution in [0.3, 0.4) is 0 Å². The van der Waals surface area contributed by atoms with Crippen LogP contribution in [0.5, 0.6) is 0 Å². The van der Waals surface area contributed by atoms with E-state index in [0.29, 0.717) is 12.2 Å². The molecule has 1 aromatic carbocycles. The minimum absolute atomic E-state index is 0.0161. The summed E-state index contributed by atoms with van der Waals surface area (Å²) in [5.41, 5.74) is 1.15. The summed E-state index contributed by atoms with van der Waals surface area (Å²) in [5.74, 6) is -0.907. The molecule has 0 aliphatic heterocycles. The van der Waals surface area contributed by atoms with Crippen molar-refractivity contribution in [3.8, 4) is 0 Å². The molecule has 0 unspecified atom stereocenters. The molecule has 7 nitrogen and oxygen atoms in total. The summed E-state index contributed by atoms with van der Waals surface area (Å²) >= 11 is 6.11. The SMILES string of the molecule is CCn1c(C)ccc(C(=O)Nc2cc(NC(=O)COC)ccc2Cl)c1=O. The van der Waals surface area contributed by atoms with E-state index in [2.05, 4.69) is 10.6 Å². The van der Waals surface area contributed by atoms with Crippen molar-refractivity contribution < 1.29 is 14.3 Å². The highest BCUT2D eigenvalue weighted by Gasteiger charge is 2.15. The van der Waals surface area contributed by atoms with Gasteiger partial charge in [0.05, 0.1) is 10.7 Å². The maximum Gasteiger partial charge on any atom is 0.263 e. The largest absolute Gasteiger partial charge is 0.375 e. The zero-order valence-electron chi connectivity index (χ0n) is 14.8. The minimum atomic E-state index is -0.570. The number of halogens is 1. The van der Waals surface area contributed by atoms with E-state index in [9.17, 15) is 14.4 Å². The lowest BCUT2D eigenvalue weighted by Crippen LogP contribution is -2.30. The standard InChI is InChI=1S/C18H20ClN3O4/c1-4-22-11(2)5-7-13(18(22)25)17(24)21-15-9-12(6-8-14(15)19)20-16(23)10-26-3/h5-9H,4,10H2,1-3H3,(H,20,23)(H,21,24). The number of aromatic nitrogens is 1. The lowest BCUT2D eigenvalue weighted by Gasteiger charge is -2.12. The maximum atomic E-state index is 12.5. The Labute approximate surface area is 155 Å². The molecule has 1 heterocycles. The molecule has 0 fully saturated rings. The lowest BCUT2D eigenvalue weighted by molar-refractivity contribution is -0.119. The van der Waals surface area contributed by atoms with E-state index in [1.165, 1.54) is 23.8 Å². The Morgan fingerprint density at radius 1 is 1.19 bits per heavy atom. The summed E-state index contributed by atoms with van der Waals surface area (Å²) in [5, 5.41) is 5.52. The van der Waals surface area contributed by atoms with Crippen molar-refractivity contribution in [2.24, 2.45) is 0 Å². The number of rotatable bonds is 6. The second-order valence-corrected chi connectivity index (χ2v) is 5.97. The first-order valence-corrected chi connectivity index (χ1v) is 8.35. The van der Waals surface area contributed by atoms with Gasteiger partial charge >= 0.3 is 0 Å². The van der Waals surface area contributed by atoms with Crippen molar-refractivity contribution in [1.82, 2.24) is 4.57 Å². The van der Waals surface area contributed by atoms with Crippen molar-refractivity contribution >= 4 is 34.8 Å². The number of pyridine rings is 1. The van der Waals surface area contributed by atoms with E-state index >= 15 is 0 Å². The third-order valence-corrected chi connectivity index (χ3v) is 4.06. The number of aryl methyl sites for hydroxylation is 1. The predicted octanol–water partition coefficient (Wildman–Crippen LogP) is 2.67. The molecule has 0 saturated carbocycles. The van der Waals surface area contributed by atoms with Crippen LogP contribution in [-0.2, 0) is 16.1 Å². The molecule has 0 aliphatic carbocycles. The van der Waals surface area contributed by atoms with Crippen LogP contribution >= 0.6 is 11.6 Å². The quantitative estimate of drug-likeness (QED) is 0.809. The van der Waals surface area contributed by atoms with Crippen molar-refractivity contribution in [3.05, 3.63) is 57.0 Å². The smallest absolute Gasteiger partial charge is 0.263 e. The summed E-state index contributed by atoms with van der Waals surface area (Å²) in [4.78, 5) is 36.5. The molecule has 26 heavy (non-hydrogen) atoms. The Morgan fingerprint density at radius 3 is 2.58 bits per heavy atom. The number of nitrogens with zero attached hydrogens (tertiary/aromatic N) is 1. The van der Waals surface area contributed by atoms with E-state index < -0.39 is 5.91 Å². The van der Waals surface area contributed by atoms with Crippen LogP contribution in [0, 0.1) is 6.92 Å². The van der Waals surface area contributed by atoms with Gasteiger partial charge in [0.25, 0.3) is 11.5 Å². The monoisotopic (exact) mass is 377 g/mol. The number of anilines is 2. The van der Waals surface area contributed by atoms with Gasteiger partial charge in [-0.2, -0.15) is 0 Å². The van der Waals surface area contributed by atoms with Gasteiger partial charge in [-0.1, -0.05) is 11.6 Å². The summed E-state index contributed by atoms with van der Waals surface area (Å²) in [6, 6.07) is 7.85. The molecule has 8 heteroatoms. The highest BCUT2D eigenvalue weighted by atomic mass is 35.5. The number of hydrogen-bond acceptors (Lipinski definition) is 4. The summed E-state index contributed by atoms with van der Waals surface area (Å²) in [6.07, 6.45) is 0. The van der Waals surface area contributed by atoms with Crippen LogP contribution in [0.1, 0.15) is 23.0 Å². The van der Waals surface area contributed by atoms with Gasteiger partial charge in [-0.15, -0.1) is 0 Å². The Balaban J connectivity index is 2.27. The molecule has 0 radical (unpaired) electrons. The average Bonchev–Trinajstić information content (AvgIpc) is 2.58. The van der Waals surface area contributed by atoms with Crippen LogP contribution in [0.4, 0.5) is 11.4 Å². The fourth-order valence-electron chi connectivity index (χ4n) is 2.45. The molecule has 138 valence electrons. The number of ether oxygens (including phenoxy) is 1. The molecule has 0 bridgehead atoms. The predicted molar refractivity (Wildman–Crippen MR) is 101 cm³/mol. The molecular formula is C18H20ClN3O4. The number of methoxy groups -OCH3 is 1. The van der Waals surface area contributed by atoms with Crippen LogP contribution in [0.25, 0.3) is 0 Å².